The number of H-pyrrole nitrogens is 1. The Kier molecular flexibility index (Phi) is 9.14. The predicted octanol–water partition coefficient (Wildman–Crippen LogP) is 1.30. The highest BCUT2D eigenvalue weighted by Crippen LogP contribution is 2.50. The number of ether oxygens (including phenoxy) is 2. The number of nitrogens with one attached hydrogen (secondary N) is 2. The minimum Gasteiger partial charge on any atom is -0.462 e. The van der Waals surface area contributed by atoms with Crippen molar-refractivity contribution < 1.29 is 42.5 Å². The molecule has 15 heteroatoms. The maximum absolute atomic E-state index is 16.1. The monoisotopic (exact) mass is 569 g/mol. The third kappa shape index (κ3) is 6.81. The maximum atomic E-state index is 16.1. The van der Waals surface area contributed by atoms with Gasteiger partial charge in [-0.3, -0.25) is 23.7 Å². The molecule has 2 aromatic rings. The summed E-state index contributed by atoms with van der Waals surface area (Å²) >= 11 is 0. The Morgan fingerprint density at radius 1 is 1.33 bits per heavy atom. The lowest BCUT2D eigenvalue weighted by Gasteiger charge is -2.29. The van der Waals surface area contributed by atoms with E-state index in [4.69, 9.17) is 18.5 Å². The molecule has 2 heterocycles. The van der Waals surface area contributed by atoms with Gasteiger partial charge in [0.1, 0.15) is 18.4 Å². The lowest BCUT2D eigenvalue weighted by atomic mass is 9.93. The van der Waals surface area contributed by atoms with Crippen molar-refractivity contribution in [2.24, 2.45) is 0 Å². The summed E-state index contributed by atoms with van der Waals surface area (Å²) in [5.74, 6) is -4.08. The van der Waals surface area contributed by atoms with Crippen LogP contribution < -0.4 is 20.9 Å². The Balaban J connectivity index is 1.93. The number of halogens is 1. The molecular weight excluding hydrogens is 540 g/mol. The first kappa shape index (κ1) is 30.2. The summed E-state index contributed by atoms with van der Waals surface area (Å²) in [4.78, 5) is 38.0. The zero-order valence-corrected chi connectivity index (χ0v) is 22.2. The number of esters is 1. The van der Waals surface area contributed by atoms with Gasteiger partial charge in [0.05, 0.1) is 6.10 Å². The van der Waals surface area contributed by atoms with E-state index in [1.165, 1.54) is 19.1 Å². The molecule has 13 nitrogen and oxygen atoms in total. The second-order valence-corrected chi connectivity index (χ2v) is 10.6. The highest BCUT2D eigenvalue weighted by atomic mass is 31.2. The van der Waals surface area contributed by atoms with Gasteiger partial charge in [0.25, 0.3) is 11.4 Å². The summed E-state index contributed by atoms with van der Waals surface area (Å²) in [7, 11) is -4.60. The fraction of sp³-hybridized carbons (Fsp3) is 0.417. The Morgan fingerprint density at radius 3 is 2.59 bits per heavy atom. The molecule has 1 fully saturated rings. The summed E-state index contributed by atoms with van der Waals surface area (Å²) in [6, 6.07) is 7.28. The molecule has 6 atom stereocenters. The van der Waals surface area contributed by atoms with Crippen LogP contribution >= 0.6 is 7.75 Å². The second-order valence-electron chi connectivity index (χ2n) is 8.92. The quantitative estimate of drug-likeness (QED) is 0.174. The van der Waals surface area contributed by atoms with Crippen LogP contribution in [0.5, 0.6) is 5.75 Å². The van der Waals surface area contributed by atoms with E-state index in [1.54, 1.807) is 32.0 Å². The SMILES string of the molecule is C=C=C[C@]1(O)[C@H](n2ccc(=O)[nH]c2=O)O[C@](F)(COP(=O)(N[C@@H](C)C(=O)OC(C)C)Oc2ccccc2)[C@H]1O. The van der Waals surface area contributed by atoms with Crippen LogP contribution in [0.25, 0.3) is 0 Å². The molecule has 0 radical (unpaired) electrons. The molecule has 1 aromatic heterocycles. The van der Waals surface area contributed by atoms with E-state index in [1.807, 2.05) is 4.98 Å². The van der Waals surface area contributed by atoms with Gasteiger partial charge in [-0.15, -0.1) is 5.73 Å². The van der Waals surface area contributed by atoms with Crippen molar-refractivity contribution in [3.05, 3.63) is 81.8 Å². The van der Waals surface area contributed by atoms with Crippen molar-refractivity contribution in [1.29, 1.82) is 0 Å². The Labute approximate surface area is 222 Å². The Hall–Kier alpha value is -3.35. The fourth-order valence-corrected chi connectivity index (χ4v) is 5.16. The molecule has 3 rings (SSSR count). The van der Waals surface area contributed by atoms with E-state index in [2.05, 4.69) is 17.4 Å². The molecular formula is C24H29FN3O10P. The van der Waals surface area contributed by atoms with Gasteiger partial charge in [-0.05, 0) is 39.0 Å². The molecule has 1 aliphatic rings. The van der Waals surface area contributed by atoms with Gasteiger partial charge in [0, 0.05) is 12.3 Å². The normalized spacial score (nSPS) is 26.8. The first-order valence-corrected chi connectivity index (χ1v) is 13.2. The first-order chi connectivity index (χ1) is 18.2. The van der Waals surface area contributed by atoms with Crippen LogP contribution in [0.1, 0.15) is 27.0 Å². The largest absolute Gasteiger partial charge is 0.462 e. The lowest BCUT2D eigenvalue weighted by molar-refractivity contribution is -0.204. The number of hydrogen-bond donors (Lipinski definition) is 4. The first-order valence-electron chi connectivity index (χ1n) is 11.7. The minimum atomic E-state index is -4.60. The van der Waals surface area contributed by atoms with E-state index in [0.29, 0.717) is 4.57 Å². The number of benzene rings is 1. The summed E-state index contributed by atoms with van der Waals surface area (Å²) in [5.41, 5.74) is -2.30. The second kappa shape index (κ2) is 11.8. The minimum absolute atomic E-state index is 0.0299. The predicted molar refractivity (Wildman–Crippen MR) is 134 cm³/mol. The van der Waals surface area contributed by atoms with Gasteiger partial charge in [0.15, 0.2) is 17.9 Å². The maximum Gasteiger partial charge on any atom is 0.459 e. The Bertz CT molecular complexity index is 1390. The Morgan fingerprint density at radius 2 is 2.00 bits per heavy atom. The van der Waals surface area contributed by atoms with Crippen LogP contribution in [0, 0.1) is 0 Å². The van der Waals surface area contributed by atoms with Gasteiger partial charge in [-0.2, -0.15) is 5.09 Å². The average Bonchev–Trinajstić information content (AvgIpc) is 3.05. The van der Waals surface area contributed by atoms with Crippen molar-refractivity contribution in [1.82, 2.24) is 14.6 Å². The zero-order chi connectivity index (χ0) is 29.0. The lowest BCUT2D eigenvalue weighted by Crippen LogP contribution is -2.51. The molecule has 1 saturated heterocycles. The van der Waals surface area contributed by atoms with Crippen molar-refractivity contribution in [3.63, 3.8) is 0 Å². The fourth-order valence-electron chi connectivity index (χ4n) is 3.65. The smallest absolute Gasteiger partial charge is 0.459 e. The number of aromatic amines is 1. The van der Waals surface area contributed by atoms with Crippen LogP contribution in [-0.2, 0) is 23.4 Å². The number of para-hydroxylation sites is 1. The van der Waals surface area contributed by atoms with Crippen LogP contribution in [-0.4, -0.2) is 62.0 Å². The van der Waals surface area contributed by atoms with E-state index in [9.17, 15) is 29.2 Å². The molecule has 0 amide bonds. The topological polar surface area (TPSA) is 178 Å². The van der Waals surface area contributed by atoms with E-state index in [-0.39, 0.29) is 5.75 Å². The summed E-state index contributed by atoms with van der Waals surface area (Å²) in [6.45, 7) is 6.50. The van der Waals surface area contributed by atoms with Gasteiger partial charge in [0.2, 0.25) is 0 Å². The van der Waals surface area contributed by atoms with Crippen molar-refractivity contribution in [3.8, 4) is 5.75 Å². The number of aliphatic hydroxyl groups excluding tert-OH is 1. The highest BCUT2D eigenvalue weighted by Gasteiger charge is 2.65. The summed E-state index contributed by atoms with van der Waals surface area (Å²) in [6.07, 6.45) is -3.19. The summed E-state index contributed by atoms with van der Waals surface area (Å²) in [5, 5.41) is 24.3. The number of hydrogen-bond acceptors (Lipinski definition) is 10. The van der Waals surface area contributed by atoms with Crippen LogP contribution in [0.15, 0.2) is 70.6 Å². The number of nitrogens with zero attached hydrogens (tertiary/aromatic N) is 1. The number of carbonyl (C=O) groups excluding carboxylic acids is 1. The van der Waals surface area contributed by atoms with Gasteiger partial charge >= 0.3 is 19.4 Å². The molecule has 39 heavy (non-hydrogen) atoms. The van der Waals surface area contributed by atoms with E-state index in [0.717, 1.165) is 18.3 Å². The molecule has 0 saturated carbocycles. The van der Waals surface area contributed by atoms with Crippen LogP contribution in [0.2, 0.25) is 0 Å². The van der Waals surface area contributed by atoms with Crippen LogP contribution in [0.4, 0.5) is 4.39 Å². The standard InChI is InChI=1S/C24H29FN3O10P/c1-5-12-23(33)20(31)24(25,37-21(23)28-13-11-18(29)26-22(28)32)14-35-39(34,38-17-9-7-6-8-10-17)27-16(4)19(30)36-15(2)3/h6-13,15-16,20-21,31,33H,1,14H2,2-4H3,(H,27,34)(H,26,29,32)/t16-,20-,21+,23+,24+,39?/m0/s1. The molecule has 0 aliphatic carbocycles. The summed E-state index contributed by atoms with van der Waals surface area (Å²) < 4.78 is 51.4. The van der Waals surface area contributed by atoms with Crippen molar-refractivity contribution in [2.75, 3.05) is 6.61 Å². The molecule has 0 bridgehead atoms. The number of alkyl halides is 1. The molecule has 4 N–H and O–H groups in total. The van der Waals surface area contributed by atoms with Gasteiger partial charge < -0.3 is 24.2 Å². The van der Waals surface area contributed by atoms with Gasteiger partial charge in [-0.1, -0.05) is 24.8 Å². The number of rotatable bonds is 11. The molecule has 1 aromatic carbocycles. The number of aromatic nitrogens is 2. The van der Waals surface area contributed by atoms with Crippen LogP contribution in [0.3, 0.4) is 0 Å². The third-order valence-corrected chi connectivity index (χ3v) is 7.07. The highest BCUT2D eigenvalue weighted by molar-refractivity contribution is 7.52. The molecule has 1 aliphatic heterocycles. The van der Waals surface area contributed by atoms with Crippen molar-refractivity contribution in [2.45, 2.75) is 56.7 Å². The zero-order valence-electron chi connectivity index (χ0n) is 21.3. The number of aliphatic hydroxyl groups is 2. The van der Waals surface area contributed by atoms with Gasteiger partial charge in [-0.25, -0.2) is 13.8 Å². The number of carbonyl (C=O) groups is 1. The average molecular weight is 569 g/mol. The van der Waals surface area contributed by atoms with E-state index >= 15 is 4.39 Å². The molecule has 1 unspecified atom stereocenters. The van der Waals surface area contributed by atoms with Crippen molar-refractivity contribution >= 4 is 13.7 Å². The molecule has 212 valence electrons. The third-order valence-electron chi connectivity index (χ3n) is 5.44. The van der Waals surface area contributed by atoms with E-state index < -0.39 is 67.5 Å². The molecule has 0 spiro atoms.